The Bertz CT molecular complexity index is 954. The minimum atomic E-state index is -0.877. The number of primary amides is 1. The van der Waals surface area contributed by atoms with Crippen LogP contribution in [0.15, 0.2) is 12.3 Å². The van der Waals surface area contributed by atoms with Crippen molar-refractivity contribution in [2.24, 2.45) is 28.9 Å². The summed E-state index contributed by atoms with van der Waals surface area (Å²) >= 11 is 0. The number of hydrogen-bond donors (Lipinski definition) is 3. The van der Waals surface area contributed by atoms with Crippen LogP contribution < -0.4 is 21.1 Å². The Morgan fingerprint density at radius 2 is 1.97 bits per heavy atom. The van der Waals surface area contributed by atoms with Gasteiger partial charge >= 0.3 is 6.09 Å². The average Bonchev–Trinajstić information content (AvgIpc) is 3.21. The van der Waals surface area contributed by atoms with Gasteiger partial charge in [0.2, 0.25) is 11.8 Å². The SMILES string of the molecule is COC(=O)N[C@H]1CC2CCC(NC(=O)c3cnn(/C=C/C(C)(C)C(N)=O)c3OCC(C)C)C(C2)C1. The van der Waals surface area contributed by atoms with Gasteiger partial charge in [-0.3, -0.25) is 9.59 Å². The van der Waals surface area contributed by atoms with E-state index in [9.17, 15) is 14.4 Å². The molecule has 1 aromatic heterocycles. The van der Waals surface area contributed by atoms with Crippen molar-refractivity contribution in [1.29, 1.82) is 0 Å². The van der Waals surface area contributed by atoms with Gasteiger partial charge in [-0.05, 0) is 63.7 Å². The van der Waals surface area contributed by atoms with Gasteiger partial charge in [0.25, 0.3) is 5.91 Å². The molecule has 3 rings (SSSR count). The van der Waals surface area contributed by atoms with Crippen molar-refractivity contribution in [3.8, 4) is 5.88 Å². The summed E-state index contributed by atoms with van der Waals surface area (Å²) in [6.07, 6.45) is 9.00. The lowest BCUT2D eigenvalue weighted by atomic mass is 9.68. The third-order valence-electron chi connectivity index (χ3n) is 6.94. The average molecular weight is 490 g/mol. The molecule has 10 nitrogen and oxygen atoms in total. The van der Waals surface area contributed by atoms with E-state index in [1.165, 1.54) is 18.0 Å². The lowest BCUT2D eigenvalue weighted by molar-refractivity contribution is -0.123. The van der Waals surface area contributed by atoms with Crippen molar-refractivity contribution in [1.82, 2.24) is 20.4 Å². The molecule has 2 bridgehead atoms. The Morgan fingerprint density at radius 1 is 1.23 bits per heavy atom. The van der Waals surface area contributed by atoms with Crippen molar-refractivity contribution in [2.45, 2.75) is 71.9 Å². The quantitative estimate of drug-likeness (QED) is 0.488. The zero-order valence-electron chi connectivity index (χ0n) is 21.4. The predicted octanol–water partition coefficient (Wildman–Crippen LogP) is 2.93. The van der Waals surface area contributed by atoms with Gasteiger partial charge in [0.1, 0.15) is 5.56 Å². The first kappa shape index (κ1) is 26.6. The maximum absolute atomic E-state index is 13.3. The highest BCUT2D eigenvalue weighted by molar-refractivity contribution is 5.96. The van der Waals surface area contributed by atoms with Crippen LogP contribution in [0.4, 0.5) is 4.79 Å². The number of carbonyl (C=O) groups is 3. The molecule has 4 N–H and O–H groups in total. The van der Waals surface area contributed by atoms with Gasteiger partial charge in [-0.1, -0.05) is 19.9 Å². The molecule has 0 radical (unpaired) electrons. The second-order valence-corrected chi connectivity index (χ2v) is 10.7. The van der Waals surface area contributed by atoms with Crippen LogP contribution in [-0.2, 0) is 9.53 Å². The summed E-state index contributed by atoms with van der Waals surface area (Å²) in [4.78, 5) is 36.7. The number of amides is 3. The molecule has 0 saturated heterocycles. The van der Waals surface area contributed by atoms with Crippen molar-refractivity contribution in [2.75, 3.05) is 13.7 Å². The highest BCUT2D eigenvalue weighted by Crippen LogP contribution is 2.40. The molecule has 0 aromatic carbocycles. The van der Waals surface area contributed by atoms with E-state index in [4.69, 9.17) is 15.2 Å². The zero-order valence-corrected chi connectivity index (χ0v) is 21.4. The van der Waals surface area contributed by atoms with Crippen LogP contribution in [-0.4, -0.2) is 53.5 Å². The van der Waals surface area contributed by atoms with Gasteiger partial charge in [0.05, 0.1) is 25.3 Å². The fourth-order valence-electron chi connectivity index (χ4n) is 4.82. The van der Waals surface area contributed by atoms with E-state index >= 15 is 0 Å². The molecular formula is C25H39N5O5. The number of fused-ring (bicyclic) bond motifs is 2. The topological polar surface area (TPSA) is 138 Å². The summed E-state index contributed by atoms with van der Waals surface area (Å²) in [5.41, 5.74) is 4.93. The minimum absolute atomic E-state index is 0.00614. The van der Waals surface area contributed by atoms with Crippen molar-refractivity contribution < 1.29 is 23.9 Å². The van der Waals surface area contributed by atoms with Crippen molar-refractivity contribution in [3.05, 3.63) is 17.8 Å². The van der Waals surface area contributed by atoms with Crippen LogP contribution >= 0.6 is 0 Å². The summed E-state index contributed by atoms with van der Waals surface area (Å²) in [5, 5.41) is 10.4. The molecule has 1 aromatic rings. The maximum Gasteiger partial charge on any atom is 0.407 e. The first-order valence-corrected chi connectivity index (χ1v) is 12.3. The summed E-state index contributed by atoms with van der Waals surface area (Å²) in [7, 11) is 1.37. The lowest BCUT2D eigenvalue weighted by Gasteiger charge is -2.43. The second kappa shape index (κ2) is 11.1. The number of ether oxygens (including phenoxy) is 2. The number of nitrogens with zero attached hydrogens (tertiary/aromatic N) is 2. The van der Waals surface area contributed by atoms with Gasteiger partial charge in [-0.2, -0.15) is 5.10 Å². The van der Waals surface area contributed by atoms with Crippen LogP contribution in [0.3, 0.4) is 0 Å². The third-order valence-corrected chi connectivity index (χ3v) is 6.94. The molecule has 0 spiro atoms. The molecule has 0 aliphatic heterocycles. The largest absolute Gasteiger partial charge is 0.477 e. The minimum Gasteiger partial charge on any atom is -0.477 e. The van der Waals surface area contributed by atoms with Crippen LogP contribution in [0.5, 0.6) is 5.88 Å². The molecule has 35 heavy (non-hydrogen) atoms. The summed E-state index contributed by atoms with van der Waals surface area (Å²) < 4.78 is 12.2. The Hall–Kier alpha value is -3.04. The third kappa shape index (κ3) is 6.76. The smallest absolute Gasteiger partial charge is 0.407 e. The molecule has 3 unspecified atom stereocenters. The van der Waals surface area contributed by atoms with Crippen LogP contribution in [0, 0.1) is 23.2 Å². The monoisotopic (exact) mass is 489 g/mol. The zero-order chi connectivity index (χ0) is 25.8. The molecular weight excluding hydrogens is 450 g/mol. The summed E-state index contributed by atoms with van der Waals surface area (Å²) in [6, 6.07) is 0.0592. The fourth-order valence-corrected chi connectivity index (χ4v) is 4.82. The highest BCUT2D eigenvalue weighted by Gasteiger charge is 2.39. The van der Waals surface area contributed by atoms with E-state index in [-0.39, 0.29) is 29.8 Å². The first-order chi connectivity index (χ1) is 16.5. The second-order valence-electron chi connectivity index (χ2n) is 10.7. The predicted molar refractivity (Wildman–Crippen MR) is 132 cm³/mol. The maximum atomic E-state index is 13.3. The molecule has 2 aliphatic carbocycles. The highest BCUT2D eigenvalue weighted by atomic mass is 16.5. The number of aromatic nitrogens is 2. The molecule has 2 saturated carbocycles. The fraction of sp³-hybridized carbons (Fsp3) is 0.680. The Morgan fingerprint density at radius 3 is 2.63 bits per heavy atom. The molecule has 4 atom stereocenters. The van der Waals surface area contributed by atoms with Gasteiger partial charge < -0.3 is 25.8 Å². The van der Waals surface area contributed by atoms with E-state index < -0.39 is 17.4 Å². The number of carbonyl (C=O) groups excluding carboxylic acids is 3. The van der Waals surface area contributed by atoms with E-state index in [0.29, 0.717) is 24.0 Å². The van der Waals surface area contributed by atoms with Crippen LogP contribution in [0.25, 0.3) is 6.20 Å². The molecule has 1 heterocycles. The molecule has 3 amide bonds. The number of hydrogen-bond acceptors (Lipinski definition) is 6. The van der Waals surface area contributed by atoms with Gasteiger partial charge in [-0.25, -0.2) is 9.48 Å². The Labute approximate surface area is 207 Å². The number of methoxy groups -OCH3 is 1. The standard InChI is InChI=1S/C25H39N5O5/c1-15(2)14-35-22-19(13-27-30(22)9-8-25(3,4)23(26)32)21(31)29-20-7-6-16-10-17(20)12-18(11-16)28-24(33)34-5/h8-9,13,15-18,20H,6-7,10-12,14H2,1-5H3,(H2,26,32)(H,28,33)(H,29,31)/b9-8+/t16?,17?,18-,20?/m0/s1. The Kier molecular flexibility index (Phi) is 8.45. The van der Waals surface area contributed by atoms with E-state index in [0.717, 1.165) is 32.1 Å². The van der Waals surface area contributed by atoms with E-state index in [1.54, 1.807) is 26.1 Å². The normalized spacial score (nSPS) is 24.3. The van der Waals surface area contributed by atoms with Crippen LogP contribution in [0.1, 0.15) is 70.2 Å². The number of alkyl carbamates (subject to hydrolysis) is 1. The Balaban J connectivity index is 1.75. The van der Waals surface area contributed by atoms with Crippen molar-refractivity contribution >= 4 is 24.1 Å². The number of nitrogens with one attached hydrogen (secondary N) is 2. The van der Waals surface area contributed by atoms with Gasteiger partial charge in [0, 0.05) is 18.3 Å². The summed E-state index contributed by atoms with van der Waals surface area (Å²) in [6.45, 7) is 7.87. The molecule has 10 heteroatoms. The number of rotatable bonds is 9. The number of nitrogens with two attached hydrogens (primary N) is 1. The van der Waals surface area contributed by atoms with Gasteiger partial charge in [-0.15, -0.1) is 0 Å². The van der Waals surface area contributed by atoms with Gasteiger partial charge in [0.15, 0.2) is 0 Å². The van der Waals surface area contributed by atoms with Crippen molar-refractivity contribution in [3.63, 3.8) is 0 Å². The molecule has 2 fully saturated rings. The first-order valence-electron chi connectivity index (χ1n) is 12.3. The van der Waals surface area contributed by atoms with E-state index in [1.807, 2.05) is 13.8 Å². The molecule has 194 valence electrons. The summed E-state index contributed by atoms with van der Waals surface area (Å²) in [5.74, 6) is 0.679. The van der Waals surface area contributed by atoms with Crippen LogP contribution in [0.2, 0.25) is 0 Å². The van der Waals surface area contributed by atoms with E-state index in [2.05, 4.69) is 15.7 Å². The molecule has 2 aliphatic rings. The lowest BCUT2D eigenvalue weighted by Crippen LogP contribution is -2.50.